The highest BCUT2D eigenvalue weighted by Crippen LogP contribution is 2.32. The Morgan fingerprint density at radius 1 is 1.38 bits per heavy atom. The first-order chi connectivity index (χ1) is 13.5. The average molecular weight is 525 g/mol. The lowest BCUT2D eigenvalue weighted by atomic mass is 9.84. The number of guanidine groups is 1. The molecule has 0 bridgehead atoms. The van der Waals surface area contributed by atoms with Crippen LogP contribution in [0.25, 0.3) is 0 Å². The molecule has 2 heterocycles. The van der Waals surface area contributed by atoms with E-state index < -0.39 is 0 Å². The molecule has 3 N–H and O–H groups in total. The molecule has 1 amide bonds. The maximum atomic E-state index is 12.3. The molecule has 9 heteroatoms. The topological polar surface area (TPSA) is 89.4 Å². The van der Waals surface area contributed by atoms with Gasteiger partial charge in [-0.1, -0.05) is 0 Å². The Labute approximate surface area is 192 Å². The van der Waals surface area contributed by atoms with Crippen molar-refractivity contribution in [1.29, 1.82) is 0 Å². The van der Waals surface area contributed by atoms with E-state index in [1.165, 1.54) is 0 Å². The van der Waals surface area contributed by atoms with Gasteiger partial charge in [0.25, 0.3) is 0 Å². The number of hydrogen-bond donors (Lipinski definition) is 3. The number of aliphatic hydroxyl groups is 1. The van der Waals surface area contributed by atoms with Crippen molar-refractivity contribution in [2.24, 2.45) is 10.4 Å². The Balaban J connectivity index is 0.00000420. The van der Waals surface area contributed by atoms with Crippen molar-refractivity contribution < 1.29 is 14.6 Å². The van der Waals surface area contributed by atoms with Crippen molar-refractivity contribution in [3.63, 3.8) is 0 Å². The fraction of sp³-hybridized carbons (Fsp3) is 0.900. The molecular weight excluding hydrogens is 485 g/mol. The summed E-state index contributed by atoms with van der Waals surface area (Å²) in [5, 5.41) is 16.1. The minimum atomic E-state index is -0.0353. The van der Waals surface area contributed by atoms with Gasteiger partial charge in [0.1, 0.15) is 0 Å². The standard InChI is InChI=1S/C20H39N5O3.HI/c1-4-21-19(23-15-20(8-13-26)9-14-28-16-20)22-10-6-12-25-11-5-7-17(25)18(27)24(2)3;/h17,26H,4-16H2,1-3H3,(H2,21,22,23);1H. The van der Waals surface area contributed by atoms with Crippen LogP contribution in [0.4, 0.5) is 0 Å². The lowest BCUT2D eigenvalue weighted by Gasteiger charge is -2.26. The number of carbonyl (C=O) groups is 1. The van der Waals surface area contributed by atoms with Gasteiger partial charge in [-0.05, 0) is 45.6 Å². The molecule has 8 nitrogen and oxygen atoms in total. The zero-order chi connectivity index (χ0) is 20.4. The Morgan fingerprint density at radius 3 is 2.79 bits per heavy atom. The number of likely N-dealkylation sites (N-methyl/N-ethyl adjacent to an activating group) is 1. The molecule has 2 atom stereocenters. The van der Waals surface area contributed by atoms with Gasteiger partial charge in [-0.3, -0.25) is 14.7 Å². The van der Waals surface area contributed by atoms with Gasteiger partial charge in [0, 0.05) is 52.4 Å². The van der Waals surface area contributed by atoms with Gasteiger partial charge in [0.15, 0.2) is 5.96 Å². The summed E-state index contributed by atoms with van der Waals surface area (Å²) in [5.74, 6) is 1.03. The van der Waals surface area contributed by atoms with Gasteiger partial charge < -0.3 is 25.4 Å². The largest absolute Gasteiger partial charge is 0.396 e. The molecule has 170 valence electrons. The highest BCUT2D eigenvalue weighted by atomic mass is 127. The van der Waals surface area contributed by atoms with Gasteiger partial charge >= 0.3 is 0 Å². The molecule has 2 saturated heterocycles. The number of nitrogens with one attached hydrogen (secondary N) is 2. The molecule has 0 aromatic carbocycles. The minimum absolute atomic E-state index is 0. The van der Waals surface area contributed by atoms with E-state index in [4.69, 9.17) is 9.73 Å². The number of ether oxygens (including phenoxy) is 1. The summed E-state index contributed by atoms with van der Waals surface area (Å²) in [6.07, 6.45) is 4.70. The van der Waals surface area contributed by atoms with Crippen LogP contribution in [-0.2, 0) is 9.53 Å². The van der Waals surface area contributed by atoms with Crippen molar-refractivity contribution in [2.75, 3.05) is 66.6 Å². The van der Waals surface area contributed by atoms with Gasteiger partial charge in [0.2, 0.25) is 5.91 Å². The van der Waals surface area contributed by atoms with Gasteiger partial charge in [-0.2, -0.15) is 0 Å². The summed E-state index contributed by atoms with van der Waals surface area (Å²) < 4.78 is 5.55. The number of rotatable bonds is 10. The number of likely N-dealkylation sites (tertiary alicyclic amines) is 1. The Morgan fingerprint density at radius 2 is 2.17 bits per heavy atom. The first kappa shape index (κ1) is 26.4. The average Bonchev–Trinajstić information content (AvgIpc) is 3.32. The van der Waals surface area contributed by atoms with E-state index in [0.29, 0.717) is 13.2 Å². The number of aliphatic hydroxyl groups excluding tert-OH is 1. The highest BCUT2D eigenvalue weighted by molar-refractivity contribution is 14.0. The number of carbonyl (C=O) groups excluding carboxylic acids is 1. The first-order valence-corrected chi connectivity index (χ1v) is 10.7. The maximum Gasteiger partial charge on any atom is 0.239 e. The number of halogens is 1. The van der Waals surface area contributed by atoms with Crippen LogP contribution >= 0.6 is 24.0 Å². The van der Waals surface area contributed by atoms with Crippen LogP contribution in [-0.4, -0.2) is 99.5 Å². The molecule has 2 aliphatic heterocycles. The van der Waals surface area contributed by atoms with Crippen LogP contribution in [0.3, 0.4) is 0 Å². The van der Waals surface area contributed by atoms with Crippen LogP contribution in [0.1, 0.15) is 39.0 Å². The normalized spacial score (nSPS) is 25.0. The van der Waals surface area contributed by atoms with Crippen molar-refractivity contribution in [3.05, 3.63) is 0 Å². The third kappa shape index (κ3) is 8.18. The smallest absolute Gasteiger partial charge is 0.239 e. The molecule has 0 aromatic heterocycles. The fourth-order valence-corrected chi connectivity index (χ4v) is 4.04. The lowest BCUT2D eigenvalue weighted by molar-refractivity contribution is -0.133. The lowest BCUT2D eigenvalue weighted by Crippen LogP contribution is -2.44. The van der Waals surface area contributed by atoms with Crippen LogP contribution in [0.2, 0.25) is 0 Å². The molecule has 0 spiro atoms. The number of nitrogens with zero attached hydrogens (tertiary/aromatic N) is 3. The second-order valence-corrected chi connectivity index (χ2v) is 8.18. The summed E-state index contributed by atoms with van der Waals surface area (Å²) >= 11 is 0. The van der Waals surface area contributed by atoms with Crippen LogP contribution in [0.5, 0.6) is 0 Å². The second kappa shape index (κ2) is 13.6. The van der Waals surface area contributed by atoms with Crippen molar-refractivity contribution >= 4 is 35.8 Å². The zero-order valence-electron chi connectivity index (χ0n) is 18.3. The van der Waals surface area contributed by atoms with E-state index in [1.807, 2.05) is 14.1 Å². The maximum absolute atomic E-state index is 12.3. The van der Waals surface area contributed by atoms with Crippen LogP contribution < -0.4 is 10.6 Å². The SMILES string of the molecule is CCNC(=NCC1(CCO)CCOC1)NCCCN1CCCC1C(=O)N(C)C.I. The summed E-state index contributed by atoms with van der Waals surface area (Å²) in [5.41, 5.74) is -0.0353. The van der Waals surface area contributed by atoms with Crippen molar-refractivity contribution in [1.82, 2.24) is 20.4 Å². The molecule has 2 rings (SSSR count). The van der Waals surface area contributed by atoms with Gasteiger partial charge in [-0.25, -0.2) is 0 Å². The van der Waals surface area contributed by atoms with Crippen molar-refractivity contribution in [2.45, 2.75) is 45.1 Å². The summed E-state index contributed by atoms with van der Waals surface area (Å²) in [4.78, 5) is 21.0. The summed E-state index contributed by atoms with van der Waals surface area (Å²) in [6.45, 7) is 7.85. The quantitative estimate of drug-likeness (QED) is 0.170. The first-order valence-electron chi connectivity index (χ1n) is 10.7. The van der Waals surface area contributed by atoms with E-state index in [0.717, 1.165) is 70.8 Å². The van der Waals surface area contributed by atoms with E-state index in [2.05, 4.69) is 22.5 Å². The van der Waals surface area contributed by atoms with Gasteiger partial charge in [-0.15, -0.1) is 24.0 Å². The monoisotopic (exact) mass is 525 g/mol. The molecule has 2 unspecified atom stereocenters. The molecule has 2 aliphatic rings. The Hall–Kier alpha value is -0.650. The number of hydrogen-bond acceptors (Lipinski definition) is 5. The molecule has 0 saturated carbocycles. The Kier molecular flexibility index (Phi) is 12.4. The molecule has 2 fully saturated rings. The molecule has 29 heavy (non-hydrogen) atoms. The van der Waals surface area contributed by atoms with Crippen LogP contribution in [0.15, 0.2) is 4.99 Å². The molecule has 0 radical (unpaired) electrons. The second-order valence-electron chi connectivity index (χ2n) is 8.18. The zero-order valence-corrected chi connectivity index (χ0v) is 20.6. The van der Waals surface area contributed by atoms with E-state index in [9.17, 15) is 9.90 Å². The number of amides is 1. The Bertz CT molecular complexity index is 512. The fourth-order valence-electron chi connectivity index (χ4n) is 4.04. The van der Waals surface area contributed by atoms with Crippen molar-refractivity contribution in [3.8, 4) is 0 Å². The summed E-state index contributed by atoms with van der Waals surface area (Å²) in [7, 11) is 3.66. The predicted octanol–water partition coefficient (Wildman–Crippen LogP) is 0.891. The van der Waals surface area contributed by atoms with Gasteiger partial charge in [0.05, 0.1) is 19.2 Å². The minimum Gasteiger partial charge on any atom is -0.396 e. The molecular formula is C20H40IN5O3. The highest BCUT2D eigenvalue weighted by Gasteiger charge is 2.34. The molecule has 0 aliphatic carbocycles. The van der Waals surface area contributed by atoms with E-state index >= 15 is 0 Å². The third-order valence-corrected chi connectivity index (χ3v) is 5.75. The number of aliphatic imine (C=N–C) groups is 1. The third-order valence-electron chi connectivity index (χ3n) is 5.75. The van der Waals surface area contributed by atoms with E-state index in [-0.39, 0.29) is 47.9 Å². The van der Waals surface area contributed by atoms with Crippen LogP contribution in [0, 0.1) is 5.41 Å². The predicted molar refractivity (Wildman–Crippen MR) is 127 cm³/mol. The molecule has 0 aromatic rings. The summed E-state index contributed by atoms with van der Waals surface area (Å²) in [6, 6.07) is 0.0395. The van der Waals surface area contributed by atoms with E-state index in [1.54, 1.807) is 4.90 Å².